The molecule has 0 fully saturated rings. The molecule has 76 valence electrons. The van der Waals surface area contributed by atoms with Crippen LogP contribution in [0.3, 0.4) is 0 Å². The Labute approximate surface area is 88.4 Å². The Balaban J connectivity index is 3.12. The summed E-state index contributed by atoms with van der Waals surface area (Å²) < 4.78 is -0.612. The maximum absolute atomic E-state index is 11.4. The molecule has 3 heteroatoms. The normalized spacial score (nSPS) is 28.5. The third-order valence-electron chi connectivity index (χ3n) is 2.26. The van der Waals surface area contributed by atoms with Crippen LogP contribution >= 0.6 is 11.8 Å². The summed E-state index contributed by atoms with van der Waals surface area (Å²) in [6.45, 7) is 9.00. The molecular formula is C11H14O2S. The minimum atomic E-state index is -0.612. The standard InChI is InChI=1S/C11H14O2S/c1-5-7(2)6-11(4)9(12)8(3)10(13)14-11/h5-6,12H,1H2,2-4H3/b7-6-/t11-/m0/s1. The number of hydrogen-bond acceptors (Lipinski definition) is 3. The van der Waals surface area contributed by atoms with Crippen LogP contribution in [0.1, 0.15) is 20.8 Å². The van der Waals surface area contributed by atoms with Crippen LogP contribution in [0.2, 0.25) is 0 Å². The van der Waals surface area contributed by atoms with Crippen molar-refractivity contribution in [2.45, 2.75) is 25.5 Å². The number of allylic oxidation sites excluding steroid dienone is 2. The minimum Gasteiger partial charge on any atom is -0.510 e. The van der Waals surface area contributed by atoms with Gasteiger partial charge in [0.1, 0.15) is 5.76 Å². The first-order chi connectivity index (χ1) is 6.40. The Hall–Kier alpha value is -0.960. The molecule has 0 unspecified atom stereocenters. The highest BCUT2D eigenvalue weighted by molar-refractivity contribution is 8.16. The summed E-state index contributed by atoms with van der Waals surface area (Å²) in [5.41, 5.74) is 1.40. The van der Waals surface area contributed by atoms with Gasteiger partial charge in [-0.05, 0) is 20.8 Å². The van der Waals surface area contributed by atoms with Crippen molar-refractivity contribution in [3.63, 3.8) is 0 Å². The summed E-state index contributed by atoms with van der Waals surface area (Å²) in [6, 6.07) is 0. The summed E-state index contributed by atoms with van der Waals surface area (Å²) in [5.74, 6) is 0.161. The molecule has 0 bridgehead atoms. The van der Waals surface area contributed by atoms with Crippen LogP contribution in [0.25, 0.3) is 0 Å². The number of thioether (sulfide) groups is 1. The lowest BCUT2D eigenvalue weighted by molar-refractivity contribution is -0.107. The summed E-state index contributed by atoms with van der Waals surface area (Å²) in [5, 5.41) is 9.73. The Bertz CT molecular complexity index is 352. The van der Waals surface area contributed by atoms with E-state index in [1.165, 1.54) is 0 Å². The van der Waals surface area contributed by atoms with Crippen molar-refractivity contribution < 1.29 is 9.90 Å². The molecule has 1 rings (SSSR count). The predicted molar refractivity (Wildman–Crippen MR) is 60.3 cm³/mol. The van der Waals surface area contributed by atoms with Crippen molar-refractivity contribution in [1.29, 1.82) is 0 Å². The molecule has 0 radical (unpaired) electrons. The van der Waals surface area contributed by atoms with Crippen LogP contribution in [-0.2, 0) is 4.79 Å². The second-order valence-electron chi connectivity index (χ2n) is 3.56. The van der Waals surface area contributed by atoms with E-state index in [0.29, 0.717) is 5.57 Å². The molecule has 1 aliphatic rings. The van der Waals surface area contributed by atoms with E-state index < -0.39 is 4.75 Å². The molecule has 0 aromatic rings. The quantitative estimate of drug-likeness (QED) is 0.712. The van der Waals surface area contributed by atoms with Gasteiger partial charge in [-0.2, -0.15) is 0 Å². The Morgan fingerprint density at radius 3 is 2.57 bits per heavy atom. The molecule has 14 heavy (non-hydrogen) atoms. The van der Waals surface area contributed by atoms with Crippen molar-refractivity contribution >= 4 is 16.9 Å². The van der Waals surface area contributed by atoms with Crippen molar-refractivity contribution in [3.8, 4) is 0 Å². The van der Waals surface area contributed by atoms with Gasteiger partial charge in [-0.15, -0.1) is 0 Å². The van der Waals surface area contributed by atoms with Crippen LogP contribution in [0.4, 0.5) is 0 Å². The molecule has 0 saturated carbocycles. The molecule has 0 saturated heterocycles. The SMILES string of the molecule is C=C/C(C)=C\[C@]1(C)SC(=O)C(C)=C1O. The molecule has 0 spiro atoms. The lowest BCUT2D eigenvalue weighted by Crippen LogP contribution is -2.17. The number of carbonyl (C=O) groups excluding carboxylic acids is 1. The van der Waals surface area contributed by atoms with E-state index in [0.717, 1.165) is 17.3 Å². The average Bonchev–Trinajstić information content (AvgIpc) is 2.30. The molecule has 0 aromatic heterocycles. The number of hydrogen-bond donors (Lipinski definition) is 1. The lowest BCUT2D eigenvalue weighted by Gasteiger charge is -2.18. The molecule has 1 atom stereocenters. The second-order valence-corrected chi connectivity index (χ2v) is 4.99. The summed E-state index contributed by atoms with van der Waals surface area (Å²) in [6.07, 6.45) is 3.56. The fourth-order valence-corrected chi connectivity index (χ4v) is 2.51. The van der Waals surface area contributed by atoms with E-state index in [1.807, 2.05) is 19.9 Å². The zero-order valence-corrected chi connectivity index (χ0v) is 9.44. The third kappa shape index (κ3) is 1.77. The number of aliphatic hydroxyl groups excluding tert-OH is 1. The van der Waals surface area contributed by atoms with Crippen LogP contribution in [0.15, 0.2) is 35.6 Å². The topological polar surface area (TPSA) is 37.3 Å². The first-order valence-electron chi connectivity index (χ1n) is 4.36. The minimum absolute atomic E-state index is 0.0573. The van der Waals surface area contributed by atoms with Gasteiger partial charge in [-0.25, -0.2) is 0 Å². The van der Waals surface area contributed by atoms with E-state index in [9.17, 15) is 9.90 Å². The van der Waals surface area contributed by atoms with Gasteiger partial charge in [-0.3, -0.25) is 4.79 Å². The molecule has 1 aliphatic heterocycles. The van der Waals surface area contributed by atoms with Crippen LogP contribution in [0, 0.1) is 0 Å². The summed E-state index contributed by atoms with van der Waals surface area (Å²) >= 11 is 1.14. The lowest BCUT2D eigenvalue weighted by atomic mass is 10.0. The Morgan fingerprint density at radius 2 is 2.21 bits per heavy atom. The third-order valence-corrected chi connectivity index (χ3v) is 3.49. The van der Waals surface area contributed by atoms with Gasteiger partial charge in [0, 0.05) is 5.57 Å². The Kier molecular flexibility index (Phi) is 2.90. The van der Waals surface area contributed by atoms with Gasteiger partial charge in [0.2, 0.25) is 5.12 Å². The van der Waals surface area contributed by atoms with Crippen molar-refractivity contribution in [1.82, 2.24) is 0 Å². The monoisotopic (exact) mass is 210 g/mol. The average molecular weight is 210 g/mol. The van der Waals surface area contributed by atoms with Crippen LogP contribution in [0.5, 0.6) is 0 Å². The van der Waals surface area contributed by atoms with E-state index >= 15 is 0 Å². The predicted octanol–water partition coefficient (Wildman–Crippen LogP) is 2.98. The zero-order valence-electron chi connectivity index (χ0n) is 8.63. The number of rotatable bonds is 2. The van der Waals surface area contributed by atoms with E-state index in [-0.39, 0.29) is 10.9 Å². The highest BCUT2D eigenvalue weighted by atomic mass is 32.2. The first-order valence-corrected chi connectivity index (χ1v) is 5.18. The van der Waals surface area contributed by atoms with Gasteiger partial charge < -0.3 is 5.11 Å². The zero-order chi connectivity index (χ0) is 10.9. The van der Waals surface area contributed by atoms with E-state index in [1.54, 1.807) is 13.0 Å². The maximum Gasteiger partial charge on any atom is 0.219 e. The van der Waals surface area contributed by atoms with Gasteiger partial charge in [-0.1, -0.05) is 36.1 Å². The maximum atomic E-state index is 11.4. The summed E-state index contributed by atoms with van der Waals surface area (Å²) in [4.78, 5) is 11.4. The van der Waals surface area contributed by atoms with Gasteiger partial charge in [0.25, 0.3) is 0 Å². The molecule has 2 nitrogen and oxygen atoms in total. The fraction of sp³-hybridized carbons (Fsp3) is 0.364. The molecule has 0 aliphatic carbocycles. The Morgan fingerprint density at radius 1 is 1.64 bits per heavy atom. The second kappa shape index (κ2) is 3.65. The van der Waals surface area contributed by atoms with E-state index in [4.69, 9.17) is 0 Å². The van der Waals surface area contributed by atoms with Crippen LogP contribution < -0.4 is 0 Å². The molecule has 1 N–H and O–H groups in total. The van der Waals surface area contributed by atoms with Crippen molar-refractivity contribution in [2.24, 2.45) is 0 Å². The highest BCUT2D eigenvalue weighted by Gasteiger charge is 2.39. The molecule has 0 aromatic carbocycles. The first kappa shape index (κ1) is 11.1. The van der Waals surface area contributed by atoms with Gasteiger partial charge >= 0.3 is 0 Å². The summed E-state index contributed by atoms with van der Waals surface area (Å²) in [7, 11) is 0. The highest BCUT2D eigenvalue weighted by Crippen LogP contribution is 2.43. The van der Waals surface area contributed by atoms with Crippen molar-refractivity contribution in [3.05, 3.63) is 35.6 Å². The largest absolute Gasteiger partial charge is 0.510 e. The van der Waals surface area contributed by atoms with Crippen molar-refractivity contribution in [2.75, 3.05) is 0 Å². The van der Waals surface area contributed by atoms with E-state index in [2.05, 4.69) is 6.58 Å². The van der Waals surface area contributed by atoms with Gasteiger partial charge in [0.05, 0.1) is 4.75 Å². The molecule has 1 heterocycles. The van der Waals surface area contributed by atoms with Gasteiger partial charge in [0.15, 0.2) is 0 Å². The smallest absolute Gasteiger partial charge is 0.219 e. The molecular weight excluding hydrogens is 196 g/mol. The number of aliphatic hydroxyl groups is 1. The number of carbonyl (C=O) groups is 1. The fourth-order valence-electron chi connectivity index (χ4n) is 1.38. The molecule has 0 amide bonds. The van der Waals surface area contributed by atoms with Crippen LogP contribution in [-0.4, -0.2) is 15.0 Å².